The summed E-state index contributed by atoms with van der Waals surface area (Å²) in [5.74, 6) is 1.02. The highest BCUT2D eigenvalue weighted by atomic mass is 16.5. The second-order valence-electron chi connectivity index (χ2n) is 6.82. The number of amides is 1. The quantitative estimate of drug-likeness (QED) is 0.765. The molecule has 3 aromatic rings. The van der Waals surface area contributed by atoms with Gasteiger partial charge < -0.3 is 15.2 Å². The third-order valence-corrected chi connectivity index (χ3v) is 5.04. The molecule has 0 atom stereocenters. The summed E-state index contributed by atoms with van der Waals surface area (Å²) in [6, 6.07) is 8.97. The summed E-state index contributed by atoms with van der Waals surface area (Å²) in [4.78, 5) is 22.3. The van der Waals surface area contributed by atoms with Gasteiger partial charge in [-0.25, -0.2) is 0 Å². The maximum Gasteiger partial charge on any atom is 0.248 e. The number of anilines is 1. The maximum atomic E-state index is 11.2. The van der Waals surface area contributed by atoms with Crippen LogP contribution < -0.4 is 10.6 Å². The van der Waals surface area contributed by atoms with E-state index < -0.39 is 5.91 Å². The van der Waals surface area contributed by atoms with E-state index in [1.165, 1.54) is 11.3 Å². The highest BCUT2D eigenvalue weighted by molar-refractivity contribution is 5.93. The van der Waals surface area contributed by atoms with Crippen molar-refractivity contribution in [3.8, 4) is 11.4 Å². The Morgan fingerprint density at radius 2 is 1.93 bits per heavy atom. The van der Waals surface area contributed by atoms with Crippen LogP contribution in [0.3, 0.4) is 0 Å². The van der Waals surface area contributed by atoms with Crippen molar-refractivity contribution in [2.75, 3.05) is 18.0 Å². The molecule has 1 aliphatic heterocycles. The number of benzene rings is 1. The molecule has 2 aromatic heterocycles. The number of hydrogen-bond donors (Lipinski definition) is 1. The first-order chi connectivity index (χ1) is 13.1. The first-order valence-electron chi connectivity index (χ1n) is 9.01. The second-order valence-corrected chi connectivity index (χ2v) is 6.82. The Balaban J connectivity index is 1.44. The summed E-state index contributed by atoms with van der Waals surface area (Å²) in [6.07, 6.45) is 5.66. The molecule has 3 heterocycles. The Hall–Kier alpha value is -3.22. The minimum absolute atomic E-state index is 0.259. The summed E-state index contributed by atoms with van der Waals surface area (Å²) in [5, 5.41) is 4.10. The van der Waals surface area contributed by atoms with Crippen molar-refractivity contribution in [3.63, 3.8) is 0 Å². The van der Waals surface area contributed by atoms with E-state index >= 15 is 0 Å². The van der Waals surface area contributed by atoms with Gasteiger partial charge in [-0.1, -0.05) is 17.3 Å². The van der Waals surface area contributed by atoms with E-state index in [0.29, 0.717) is 17.3 Å². The highest BCUT2D eigenvalue weighted by Gasteiger charge is 2.26. The molecular formula is C20H21N5O2. The summed E-state index contributed by atoms with van der Waals surface area (Å²) in [6.45, 7) is 3.98. The summed E-state index contributed by atoms with van der Waals surface area (Å²) >= 11 is 0. The van der Waals surface area contributed by atoms with Gasteiger partial charge in [0.05, 0.1) is 0 Å². The van der Waals surface area contributed by atoms with E-state index in [1.807, 2.05) is 12.4 Å². The van der Waals surface area contributed by atoms with Crippen LogP contribution in [0.4, 0.5) is 5.69 Å². The largest absolute Gasteiger partial charge is 0.371 e. The first-order valence-corrected chi connectivity index (χ1v) is 9.01. The number of nitrogens with two attached hydrogens (primary N) is 1. The third-order valence-electron chi connectivity index (χ3n) is 5.04. The molecule has 4 rings (SSSR count). The fourth-order valence-electron chi connectivity index (χ4n) is 3.49. The molecule has 1 aromatic carbocycles. The molecule has 0 spiro atoms. The van der Waals surface area contributed by atoms with Crippen molar-refractivity contribution < 1.29 is 9.32 Å². The predicted octanol–water partition coefficient (Wildman–Crippen LogP) is 2.92. The Kier molecular flexibility index (Phi) is 4.58. The van der Waals surface area contributed by atoms with Crippen LogP contribution in [-0.2, 0) is 0 Å². The molecular weight excluding hydrogens is 342 g/mol. The lowest BCUT2D eigenvalue weighted by Crippen LogP contribution is -2.33. The number of primary amides is 1. The topological polar surface area (TPSA) is 98.1 Å². The van der Waals surface area contributed by atoms with Crippen LogP contribution in [0.25, 0.3) is 11.4 Å². The zero-order valence-corrected chi connectivity index (χ0v) is 15.1. The summed E-state index contributed by atoms with van der Waals surface area (Å²) in [7, 11) is 0. The van der Waals surface area contributed by atoms with Crippen molar-refractivity contribution in [3.05, 3.63) is 59.7 Å². The van der Waals surface area contributed by atoms with Crippen molar-refractivity contribution in [2.45, 2.75) is 25.7 Å². The minimum atomic E-state index is -0.452. The van der Waals surface area contributed by atoms with Crippen LogP contribution in [0.5, 0.6) is 0 Å². The number of aromatic nitrogens is 3. The molecule has 0 saturated carbocycles. The van der Waals surface area contributed by atoms with Crippen LogP contribution in [0.15, 0.2) is 47.2 Å². The Bertz CT molecular complexity index is 943. The lowest BCUT2D eigenvalue weighted by atomic mass is 9.96. The zero-order valence-electron chi connectivity index (χ0n) is 15.1. The number of piperidine rings is 1. The molecule has 0 aliphatic carbocycles. The molecule has 1 fully saturated rings. The molecule has 1 saturated heterocycles. The van der Waals surface area contributed by atoms with Gasteiger partial charge in [-0.15, -0.1) is 0 Å². The second kappa shape index (κ2) is 7.19. The standard InChI is InChI=1S/C20H21N5O2/c1-13-12-22-9-6-17(13)25-10-7-16(8-11-25)20-23-19(24-27-20)15-4-2-14(3-5-15)18(21)26/h2-6,9,12,16H,7-8,10-11H2,1H3,(H2,21,26). The Morgan fingerprint density at radius 1 is 1.19 bits per heavy atom. The average molecular weight is 363 g/mol. The van der Waals surface area contributed by atoms with Gasteiger partial charge in [0.25, 0.3) is 0 Å². The van der Waals surface area contributed by atoms with Gasteiger partial charge in [0, 0.05) is 48.2 Å². The van der Waals surface area contributed by atoms with Crippen molar-refractivity contribution in [1.29, 1.82) is 0 Å². The maximum absolute atomic E-state index is 11.2. The number of carbonyl (C=O) groups excluding carboxylic acids is 1. The number of rotatable bonds is 4. The Morgan fingerprint density at radius 3 is 2.59 bits per heavy atom. The zero-order chi connectivity index (χ0) is 18.8. The highest BCUT2D eigenvalue weighted by Crippen LogP contribution is 2.31. The average Bonchev–Trinajstić information content (AvgIpc) is 3.19. The van der Waals surface area contributed by atoms with Crippen molar-refractivity contribution in [2.24, 2.45) is 5.73 Å². The van der Waals surface area contributed by atoms with Gasteiger partial charge in [0.15, 0.2) is 0 Å². The predicted molar refractivity (Wildman–Crippen MR) is 101 cm³/mol. The number of nitrogens with zero attached hydrogens (tertiary/aromatic N) is 4. The van der Waals surface area contributed by atoms with Crippen molar-refractivity contribution in [1.82, 2.24) is 15.1 Å². The fraction of sp³-hybridized carbons (Fsp3) is 0.300. The van der Waals surface area contributed by atoms with E-state index in [1.54, 1.807) is 24.3 Å². The molecule has 0 radical (unpaired) electrons. The minimum Gasteiger partial charge on any atom is -0.371 e. The summed E-state index contributed by atoms with van der Waals surface area (Å²) < 4.78 is 5.52. The summed E-state index contributed by atoms with van der Waals surface area (Å²) in [5.41, 5.74) is 8.97. The van der Waals surface area contributed by atoms with E-state index in [4.69, 9.17) is 10.3 Å². The van der Waals surface area contributed by atoms with E-state index in [9.17, 15) is 4.79 Å². The molecule has 27 heavy (non-hydrogen) atoms. The van der Waals surface area contributed by atoms with Crippen LogP contribution in [0, 0.1) is 6.92 Å². The van der Waals surface area contributed by atoms with Crippen LogP contribution >= 0.6 is 0 Å². The molecule has 138 valence electrons. The molecule has 1 aliphatic rings. The lowest BCUT2D eigenvalue weighted by Gasteiger charge is -2.33. The normalized spacial score (nSPS) is 15.1. The molecule has 1 amide bonds. The number of aryl methyl sites for hydroxylation is 1. The van der Waals surface area contributed by atoms with E-state index in [-0.39, 0.29) is 5.92 Å². The number of hydrogen-bond acceptors (Lipinski definition) is 6. The van der Waals surface area contributed by atoms with Gasteiger partial charge in [-0.3, -0.25) is 9.78 Å². The van der Waals surface area contributed by atoms with E-state index in [0.717, 1.165) is 31.5 Å². The monoisotopic (exact) mass is 363 g/mol. The van der Waals surface area contributed by atoms with Crippen LogP contribution in [0.2, 0.25) is 0 Å². The smallest absolute Gasteiger partial charge is 0.248 e. The van der Waals surface area contributed by atoms with Gasteiger partial charge in [0.1, 0.15) is 0 Å². The molecule has 0 bridgehead atoms. The van der Waals surface area contributed by atoms with Gasteiger partial charge in [0.2, 0.25) is 17.6 Å². The van der Waals surface area contributed by atoms with Gasteiger partial charge in [-0.2, -0.15) is 4.98 Å². The Labute approximate surface area is 157 Å². The van der Waals surface area contributed by atoms with E-state index in [2.05, 4.69) is 33.0 Å². The van der Waals surface area contributed by atoms with Gasteiger partial charge in [-0.05, 0) is 43.5 Å². The molecule has 7 nitrogen and oxygen atoms in total. The number of pyridine rings is 1. The number of carbonyl (C=O) groups is 1. The molecule has 7 heteroatoms. The first kappa shape index (κ1) is 17.2. The fourth-order valence-corrected chi connectivity index (χ4v) is 3.49. The van der Waals surface area contributed by atoms with Crippen molar-refractivity contribution >= 4 is 11.6 Å². The van der Waals surface area contributed by atoms with Gasteiger partial charge >= 0.3 is 0 Å². The van der Waals surface area contributed by atoms with Crippen LogP contribution in [0.1, 0.15) is 40.6 Å². The third kappa shape index (κ3) is 3.53. The lowest BCUT2D eigenvalue weighted by molar-refractivity contribution is 0.100. The SMILES string of the molecule is Cc1cnccc1N1CCC(c2nc(-c3ccc(C(N)=O)cc3)no2)CC1. The van der Waals surface area contributed by atoms with Crippen LogP contribution in [-0.4, -0.2) is 34.1 Å². The molecule has 2 N–H and O–H groups in total. The molecule has 0 unspecified atom stereocenters.